The van der Waals surface area contributed by atoms with Crippen molar-refractivity contribution in [3.8, 4) is 0 Å². The number of sulfonamides is 1. The summed E-state index contributed by atoms with van der Waals surface area (Å²) >= 11 is 0. The third-order valence-electron chi connectivity index (χ3n) is 2.73. The van der Waals surface area contributed by atoms with E-state index in [-0.39, 0.29) is 5.78 Å². The average Bonchev–Trinajstić information content (AvgIpc) is 2.91. The van der Waals surface area contributed by atoms with Crippen LogP contribution in [0.25, 0.3) is 5.78 Å². The number of hydrogen-bond donors (Lipinski definition) is 1. The molecule has 0 radical (unpaired) electrons. The lowest BCUT2D eigenvalue weighted by Crippen LogP contribution is -2.18. The second-order valence-electron chi connectivity index (χ2n) is 4.30. The smallest absolute Gasteiger partial charge is 0.276 e. The number of nitrogens with zero attached hydrogens (tertiary/aromatic N) is 5. The number of alkyl halides is 3. The van der Waals surface area contributed by atoms with Gasteiger partial charge in [0.25, 0.3) is 21.0 Å². The lowest BCUT2D eigenvalue weighted by atomic mass is 10.2. The Morgan fingerprint density at radius 3 is 2.61 bits per heavy atom. The number of aromatic nitrogens is 5. The van der Waals surface area contributed by atoms with Crippen LogP contribution >= 0.6 is 0 Å². The number of anilines is 1. The Hall–Kier alpha value is -2.76. The van der Waals surface area contributed by atoms with Crippen LogP contribution in [-0.4, -0.2) is 33.0 Å². The number of para-hydroxylation sites is 1. The van der Waals surface area contributed by atoms with Gasteiger partial charge < -0.3 is 0 Å². The minimum atomic E-state index is -4.71. The highest BCUT2D eigenvalue weighted by Crippen LogP contribution is 2.35. The minimum Gasteiger partial charge on any atom is -0.276 e. The van der Waals surface area contributed by atoms with Crippen LogP contribution in [0.3, 0.4) is 0 Å². The molecule has 3 aromatic rings. The first-order valence-corrected chi connectivity index (χ1v) is 7.47. The standard InChI is InChI=1S/C11H7F3N6O2S/c12-11(13,14)7-3-1-2-4-8(7)19-23(21,22)10-17-9-16-5-15-6-20(9)18-10/h1-6,19H. The van der Waals surface area contributed by atoms with Gasteiger partial charge in [-0.1, -0.05) is 12.1 Å². The van der Waals surface area contributed by atoms with Crippen LogP contribution in [0.1, 0.15) is 5.56 Å². The molecule has 0 aliphatic rings. The maximum Gasteiger partial charge on any atom is 0.418 e. The Kier molecular flexibility index (Phi) is 3.39. The van der Waals surface area contributed by atoms with Crippen molar-refractivity contribution < 1.29 is 21.6 Å². The molecule has 0 aliphatic heterocycles. The van der Waals surface area contributed by atoms with Gasteiger partial charge in [-0.05, 0) is 12.1 Å². The van der Waals surface area contributed by atoms with Crippen LogP contribution in [-0.2, 0) is 16.2 Å². The van der Waals surface area contributed by atoms with Crippen molar-refractivity contribution in [2.24, 2.45) is 0 Å². The Morgan fingerprint density at radius 1 is 1.17 bits per heavy atom. The molecule has 0 atom stereocenters. The van der Waals surface area contributed by atoms with Gasteiger partial charge in [0.15, 0.2) is 0 Å². The summed E-state index contributed by atoms with van der Waals surface area (Å²) in [4.78, 5) is 11.0. The van der Waals surface area contributed by atoms with E-state index in [2.05, 4.69) is 20.1 Å². The number of fused-ring (bicyclic) bond motifs is 1. The molecule has 120 valence electrons. The Bertz CT molecular complexity index is 936. The highest BCUT2D eigenvalue weighted by atomic mass is 32.2. The van der Waals surface area contributed by atoms with Gasteiger partial charge in [0, 0.05) is 0 Å². The molecule has 0 aliphatic carbocycles. The highest BCUT2D eigenvalue weighted by molar-refractivity contribution is 7.92. The van der Waals surface area contributed by atoms with Gasteiger partial charge >= 0.3 is 6.18 Å². The molecule has 23 heavy (non-hydrogen) atoms. The third kappa shape index (κ3) is 2.92. The topological polar surface area (TPSA) is 102 Å². The molecule has 12 heteroatoms. The summed E-state index contributed by atoms with van der Waals surface area (Å²) in [6, 6.07) is 4.19. The predicted molar refractivity (Wildman–Crippen MR) is 70.8 cm³/mol. The fraction of sp³-hybridized carbons (Fsp3) is 0.0909. The van der Waals surface area contributed by atoms with E-state index in [0.717, 1.165) is 35.4 Å². The summed E-state index contributed by atoms with van der Waals surface area (Å²) in [5, 5.41) is 2.91. The largest absolute Gasteiger partial charge is 0.418 e. The van der Waals surface area contributed by atoms with Gasteiger partial charge in [-0.2, -0.15) is 36.1 Å². The van der Waals surface area contributed by atoms with Crippen molar-refractivity contribution in [2.45, 2.75) is 11.3 Å². The van der Waals surface area contributed by atoms with Crippen LogP contribution in [0.4, 0.5) is 18.9 Å². The first kappa shape index (κ1) is 15.1. The van der Waals surface area contributed by atoms with E-state index in [1.54, 1.807) is 0 Å². The average molecular weight is 344 g/mol. The van der Waals surface area contributed by atoms with Gasteiger partial charge in [0.2, 0.25) is 0 Å². The fourth-order valence-corrected chi connectivity index (χ4v) is 2.72. The molecule has 0 fully saturated rings. The molecule has 0 saturated carbocycles. The van der Waals surface area contributed by atoms with Crippen molar-refractivity contribution in [3.05, 3.63) is 42.5 Å². The molecule has 8 nitrogen and oxygen atoms in total. The molecule has 0 unspecified atom stereocenters. The zero-order chi connectivity index (χ0) is 16.7. The number of benzene rings is 1. The van der Waals surface area contributed by atoms with E-state index in [1.165, 1.54) is 6.07 Å². The zero-order valence-corrected chi connectivity index (χ0v) is 11.9. The van der Waals surface area contributed by atoms with Gasteiger partial charge in [0.1, 0.15) is 12.7 Å². The molecule has 0 amide bonds. The number of hydrogen-bond acceptors (Lipinski definition) is 6. The Labute approximate surface area is 127 Å². The molecule has 3 rings (SSSR count). The summed E-state index contributed by atoms with van der Waals surface area (Å²) < 4.78 is 65.9. The molecule has 1 N–H and O–H groups in total. The molecule has 0 saturated heterocycles. The van der Waals surface area contributed by atoms with Gasteiger partial charge in [-0.25, -0.2) is 4.98 Å². The van der Waals surface area contributed by atoms with Crippen LogP contribution < -0.4 is 4.72 Å². The Balaban J connectivity index is 2.02. The molecular formula is C11H7F3N6O2S. The first-order valence-electron chi connectivity index (χ1n) is 5.99. The van der Waals surface area contributed by atoms with E-state index in [4.69, 9.17) is 0 Å². The lowest BCUT2D eigenvalue weighted by molar-refractivity contribution is -0.136. The maximum atomic E-state index is 12.9. The van der Waals surface area contributed by atoms with Crippen molar-refractivity contribution in [1.82, 2.24) is 24.6 Å². The van der Waals surface area contributed by atoms with E-state index in [9.17, 15) is 21.6 Å². The second-order valence-corrected chi connectivity index (χ2v) is 5.87. The Morgan fingerprint density at radius 2 is 1.91 bits per heavy atom. The zero-order valence-electron chi connectivity index (χ0n) is 11.1. The first-order chi connectivity index (χ1) is 10.8. The summed E-state index contributed by atoms with van der Waals surface area (Å²) in [6.45, 7) is 0. The fourth-order valence-electron chi connectivity index (χ4n) is 1.76. The SMILES string of the molecule is O=S(=O)(Nc1ccccc1C(F)(F)F)c1nc2ncncn2n1. The molecular weight excluding hydrogens is 337 g/mol. The van der Waals surface area contributed by atoms with Crippen LogP contribution in [0.5, 0.6) is 0 Å². The van der Waals surface area contributed by atoms with Crippen molar-refractivity contribution in [1.29, 1.82) is 0 Å². The second kappa shape index (κ2) is 5.15. The lowest BCUT2D eigenvalue weighted by Gasteiger charge is -2.13. The summed E-state index contributed by atoms with van der Waals surface area (Å²) in [5.74, 6) is -0.0514. The molecule has 0 spiro atoms. The van der Waals surface area contributed by atoms with Gasteiger partial charge in [-0.15, -0.1) is 5.10 Å². The maximum absolute atomic E-state index is 12.9. The van der Waals surface area contributed by atoms with E-state index in [1.807, 2.05) is 4.72 Å². The van der Waals surface area contributed by atoms with Crippen molar-refractivity contribution in [2.75, 3.05) is 4.72 Å². The van der Waals surface area contributed by atoms with Crippen LogP contribution in [0, 0.1) is 0 Å². The predicted octanol–water partition coefficient (Wildman–Crippen LogP) is 1.34. The molecule has 0 bridgehead atoms. The number of halogens is 3. The van der Waals surface area contributed by atoms with Gasteiger partial charge in [0.05, 0.1) is 11.3 Å². The highest BCUT2D eigenvalue weighted by Gasteiger charge is 2.34. The van der Waals surface area contributed by atoms with Crippen LogP contribution in [0.2, 0.25) is 0 Å². The number of rotatable bonds is 3. The summed E-state index contributed by atoms with van der Waals surface area (Å²) in [6.07, 6.45) is -2.41. The number of nitrogens with one attached hydrogen (secondary N) is 1. The molecule has 1 aromatic carbocycles. The quantitative estimate of drug-likeness (QED) is 0.769. The van der Waals surface area contributed by atoms with Crippen molar-refractivity contribution >= 4 is 21.5 Å². The molecule has 2 aromatic heterocycles. The van der Waals surface area contributed by atoms with E-state index < -0.39 is 32.6 Å². The summed E-state index contributed by atoms with van der Waals surface area (Å²) in [7, 11) is -4.42. The van der Waals surface area contributed by atoms with Crippen molar-refractivity contribution in [3.63, 3.8) is 0 Å². The van der Waals surface area contributed by atoms with E-state index >= 15 is 0 Å². The minimum absolute atomic E-state index is 0.0514. The monoisotopic (exact) mass is 344 g/mol. The third-order valence-corrected chi connectivity index (χ3v) is 3.87. The summed E-state index contributed by atoms with van der Waals surface area (Å²) in [5.41, 5.74) is -1.74. The normalized spacial score (nSPS) is 12.5. The van der Waals surface area contributed by atoms with Crippen LogP contribution in [0.15, 0.2) is 42.1 Å². The van der Waals surface area contributed by atoms with Gasteiger partial charge in [-0.3, -0.25) is 4.72 Å². The molecule has 2 heterocycles. The van der Waals surface area contributed by atoms with E-state index in [0.29, 0.717) is 0 Å².